The molecule has 1 aliphatic heterocycles. The fourth-order valence-electron chi connectivity index (χ4n) is 3.73. The van der Waals surface area contributed by atoms with Crippen LogP contribution in [0.1, 0.15) is 22.7 Å². The maximum atomic E-state index is 11.7. The van der Waals surface area contributed by atoms with Crippen LogP contribution in [0.2, 0.25) is 0 Å². The molecule has 0 fully saturated rings. The molecular formula is C20H21NO5. The predicted molar refractivity (Wildman–Crippen MR) is 94.8 cm³/mol. The quantitative estimate of drug-likeness (QED) is 0.858. The third kappa shape index (κ3) is 2.97. The molecule has 0 saturated carbocycles. The highest BCUT2D eigenvalue weighted by Gasteiger charge is 2.36. The molecule has 6 heteroatoms. The van der Waals surface area contributed by atoms with Crippen LogP contribution in [0.25, 0.3) is 0 Å². The van der Waals surface area contributed by atoms with Gasteiger partial charge in [0.25, 0.3) is 0 Å². The summed E-state index contributed by atoms with van der Waals surface area (Å²) in [5, 5.41) is 13.0. The smallest absolute Gasteiger partial charge is 0.308 e. The first-order valence-corrected chi connectivity index (χ1v) is 8.68. The van der Waals surface area contributed by atoms with E-state index in [1.54, 1.807) is 7.11 Å². The summed E-state index contributed by atoms with van der Waals surface area (Å²) in [6.45, 7) is 1.51. The summed E-state index contributed by atoms with van der Waals surface area (Å²) >= 11 is 0. The fourth-order valence-corrected chi connectivity index (χ4v) is 3.73. The van der Waals surface area contributed by atoms with Gasteiger partial charge in [0.2, 0.25) is 5.75 Å². The van der Waals surface area contributed by atoms with Crippen LogP contribution in [0.15, 0.2) is 36.4 Å². The molecule has 0 radical (unpaired) electrons. The number of fused-ring (bicyclic) bond motifs is 2. The topological polar surface area (TPSA) is 77.0 Å². The molecule has 0 amide bonds. The molecule has 1 heterocycles. The first-order chi connectivity index (χ1) is 12.7. The molecule has 0 bridgehead atoms. The summed E-state index contributed by atoms with van der Waals surface area (Å²) in [5.74, 6) is 0.664. The number of ether oxygens (including phenoxy) is 3. The number of carboxylic acid groups (broad SMARTS) is 1. The van der Waals surface area contributed by atoms with Gasteiger partial charge >= 0.3 is 5.97 Å². The van der Waals surface area contributed by atoms with Crippen molar-refractivity contribution < 1.29 is 24.1 Å². The number of benzene rings is 2. The van der Waals surface area contributed by atoms with E-state index in [-0.39, 0.29) is 6.04 Å². The van der Waals surface area contributed by atoms with Gasteiger partial charge < -0.3 is 24.6 Å². The third-order valence-corrected chi connectivity index (χ3v) is 4.96. The lowest BCUT2D eigenvalue weighted by molar-refractivity contribution is -0.142. The van der Waals surface area contributed by atoms with E-state index in [1.165, 1.54) is 0 Å². The molecule has 2 atom stereocenters. The Morgan fingerprint density at radius 2 is 2.08 bits per heavy atom. The third-order valence-electron chi connectivity index (χ3n) is 4.96. The average molecular weight is 355 g/mol. The van der Waals surface area contributed by atoms with Crippen LogP contribution in [-0.2, 0) is 17.8 Å². The minimum absolute atomic E-state index is 0.220. The largest absolute Gasteiger partial charge is 0.493 e. The van der Waals surface area contributed by atoms with Crippen molar-refractivity contribution in [2.24, 2.45) is 5.92 Å². The van der Waals surface area contributed by atoms with Crippen LogP contribution < -0.4 is 19.5 Å². The number of nitrogens with one attached hydrogen (secondary N) is 1. The van der Waals surface area contributed by atoms with Crippen LogP contribution in [0.5, 0.6) is 17.2 Å². The predicted octanol–water partition coefficient (Wildman–Crippen LogP) is 2.55. The van der Waals surface area contributed by atoms with Gasteiger partial charge in [-0.05, 0) is 35.2 Å². The molecule has 0 saturated heterocycles. The van der Waals surface area contributed by atoms with Crippen molar-refractivity contribution >= 4 is 5.97 Å². The van der Waals surface area contributed by atoms with Crippen molar-refractivity contribution in [3.05, 3.63) is 53.1 Å². The van der Waals surface area contributed by atoms with Gasteiger partial charge in [-0.1, -0.05) is 24.3 Å². The molecule has 2 aliphatic rings. The van der Waals surface area contributed by atoms with Crippen LogP contribution >= 0.6 is 0 Å². The van der Waals surface area contributed by atoms with E-state index in [0.29, 0.717) is 43.4 Å². The van der Waals surface area contributed by atoms with Crippen molar-refractivity contribution in [2.75, 3.05) is 20.3 Å². The molecule has 0 spiro atoms. The van der Waals surface area contributed by atoms with E-state index < -0.39 is 11.9 Å². The number of hydrogen-bond acceptors (Lipinski definition) is 5. The molecule has 136 valence electrons. The van der Waals surface area contributed by atoms with Gasteiger partial charge in [-0.25, -0.2) is 0 Å². The number of carbonyl (C=O) groups is 1. The van der Waals surface area contributed by atoms with Gasteiger partial charge in [0, 0.05) is 12.6 Å². The van der Waals surface area contributed by atoms with E-state index >= 15 is 0 Å². The van der Waals surface area contributed by atoms with Crippen LogP contribution in [0.4, 0.5) is 0 Å². The Morgan fingerprint density at radius 3 is 2.88 bits per heavy atom. The summed E-state index contributed by atoms with van der Waals surface area (Å²) in [5.41, 5.74) is 3.11. The lowest BCUT2D eigenvalue weighted by atomic mass is 10.0. The van der Waals surface area contributed by atoms with E-state index in [1.807, 2.05) is 36.4 Å². The zero-order valence-corrected chi connectivity index (χ0v) is 14.5. The summed E-state index contributed by atoms with van der Waals surface area (Å²) in [6.07, 6.45) is 0.549. The van der Waals surface area contributed by atoms with Gasteiger partial charge in [0.15, 0.2) is 11.5 Å². The molecule has 2 aromatic rings. The summed E-state index contributed by atoms with van der Waals surface area (Å²) in [6, 6.07) is 11.5. The normalized spacial score (nSPS) is 20.5. The maximum absolute atomic E-state index is 11.7. The van der Waals surface area contributed by atoms with Crippen molar-refractivity contribution in [2.45, 2.75) is 19.0 Å². The standard InChI is InChI=1S/C20H21NO5/c1-24-16-8-12(9-17-19(16)26-7-6-25-17)11-21-18-14-5-3-2-4-13(14)10-15(18)20(22)23/h2-5,8-9,15,18,21H,6-7,10-11H2,1H3,(H,22,23)/t15-,18+/m1/s1. The Labute approximate surface area is 151 Å². The fraction of sp³-hybridized carbons (Fsp3) is 0.350. The lowest BCUT2D eigenvalue weighted by Gasteiger charge is -2.23. The van der Waals surface area contributed by atoms with Gasteiger partial charge in [-0.2, -0.15) is 0 Å². The average Bonchev–Trinajstić information content (AvgIpc) is 3.04. The minimum atomic E-state index is -0.779. The summed E-state index contributed by atoms with van der Waals surface area (Å²) in [7, 11) is 1.60. The Balaban J connectivity index is 1.57. The molecule has 26 heavy (non-hydrogen) atoms. The minimum Gasteiger partial charge on any atom is -0.493 e. The molecule has 4 rings (SSSR count). The maximum Gasteiger partial charge on any atom is 0.308 e. The molecule has 6 nitrogen and oxygen atoms in total. The van der Waals surface area contributed by atoms with E-state index in [4.69, 9.17) is 14.2 Å². The highest BCUT2D eigenvalue weighted by atomic mass is 16.6. The zero-order chi connectivity index (χ0) is 18.1. The number of rotatable bonds is 5. The highest BCUT2D eigenvalue weighted by Crippen LogP contribution is 2.41. The van der Waals surface area contributed by atoms with Crippen molar-refractivity contribution in [1.29, 1.82) is 0 Å². The van der Waals surface area contributed by atoms with Gasteiger partial charge in [-0.3, -0.25) is 4.79 Å². The number of hydrogen-bond donors (Lipinski definition) is 2. The van der Waals surface area contributed by atoms with Crippen LogP contribution in [-0.4, -0.2) is 31.4 Å². The summed E-state index contributed by atoms with van der Waals surface area (Å²) in [4.78, 5) is 11.7. The van der Waals surface area contributed by atoms with Crippen molar-refractivity contribution in [1.82, 2.24) is 5.32 Å². The Bertz CT molecular complexity index is 818. The molecule has 0 unspecified atom stereocenters. The number of carboxylic acids is 1. The monoisotopic (exact) mass is 355 g/mol. The van der Waals surface area contributed by atoms with Gasteiger partial charge in [0.1, 0.15) is 13.2 Å². The van der Waals surface area contributed by atoms with E-state index in [9.17, 15) is 9.90 Å². The van der Waals surface area contributed by atoms with E-state index in [2.05, 4.69) is 5.32 Å². The highest BCUT2D eigenvalue weighted by molar-refractivity contribution is 5.73. The Kier molecular flexibility index (Phi) is 4.42. The molecule has 0 aromatic heterocycles. The van der Waals surface area contributed by atoms with Crippen molar-refractivity contribution in [3.63, 3.8) is 0 Å². The SMILES string of the molecule is COc1cc(CN[C@H]2c3ccccc3C[C@H]2C(=O)O)cc2c1OCCO2. The second-order valence-electron chi connectivity index (χ2n) is 6.53. The lowest BCUT2D eigenvalue weighted by Crippen LogP contribution is -2.30. The van der Waals surface area contributed by atoms with Crippen LogP contribution in [0, 0.1) is 5.92 Å². The molecule has 1 aliphatic carbocycles. The zero-order valence-electron chi connectivity index (χ0n) is 14.5. The second-order valence-corrected chi connectivity index (χ2v) is 6.53. The Morgan fingerprint density at radius 1 is 1.27 bits per heavy atom. The molecule has 2 aromatic carbocycles. The van der Waals surface area contributed by atoms with Crippen molar-refractivity contribution in [3.8, 4) is 17.2 Å². The molecular weight excluding hydrogens is 334 g/mol. The first-order valence-electron chi connectivity index (χ1n) is 8.68. The van der Waals surface area contributed by atoms with E-state index in [0.717, 1.165) is 16.7 Å². The first kappa shape index (κ1) is 16.7. The second kappa shape index (κ2) is 6.88. The summed E-state index contributed by atoms with van der Waals surface area (Å²) < 4.78 is 16.7. The van der Waals surface area contributed by atoms with Crippen LogP contribution in [0.3, 0.4) is 0 Å². The number of methoxy groups -OCH3 is 1. The van der Waals surface area contributed by atoms with Gasteiger partial charge in [0.05, 0.1) is 13.0 Å². The number of aliphatic carboxylic acids is 1. The Hall–Kier alpha value is -2.73. The molecule has 2 N–H and O–H groups in total. The van der Waals surface area contributed by atoms with Gasteiger partial charge in [-0.15, -0.1) is 0 Å².